The van der Waals surface area contributed by atoms with Crippen molar-refractivity contribution in [2.45, 2.75) is 38.7 Å². The predicted octanol–water partition coefficient (Wildman–Crippen LogP) is 0.793. The standard InChI is InChI=1S/C9H13F3N4O2/c1-3-16-6(13-5-15-16)4-14-8(2,7(17)18)9(10,11)12/h5,14H,3-4H2,1-2H3,(H,17,18). The van der Waals surface area contributed by atoms with Crippen LogP contribution in [0.5, 0.6) is 0 Å². The molecule has 0 saturated carbocycles. The van der Waals surface area contributed by atoms with Gasteiger partial charge >= 0.3 is 12.1 Å². The number of carbonyl (C=O) groups is 1. The number of halogens is 3. The van der Waals surface area contributed by atoms with Gasteiger partial charge in [-0.1, -0.05) is 0 Å². The van der Waals surface area contributed by atoms with Crippen molar-refractivity contribution in [2.24, 2.45) is 0 Å². The van der Waals surface area contributed by atoms with Crippen molar-refractivity contribution in [3.63, 3.8) is 0 Å². The van der Waals surface area contributed by atoms with Gasteiger partial charge in [0.15, 0.2) is 0 Å². The van der Waals surface area contributed by atoms with Gasteiger partial charge in [-0.05, 0) is 13.8 Å². The van der Waals surface area contributed by atoms with Crippen molar-refractivity contribution in [2.75, 3.05) is 0 Å². The van der Waals surface area contributed by atoms with Gasteiger partial charge in [-0.2, -0.15) is 18.3 Å². The van der Waals surface area contributed by atoms with E-state index in [0.717, 1.165) is 0 Å². The summed E-state index contributed by atoms with van der Waals surface area (Å²) in [7, 11) is 0. The van der Waals surface area contributed by atoms with Gasteiger partial charge in [0, 0.05) is 6.54 Å². The van der Waals surface area contributed by atoms with E-state index in [1.54, 1.807) is 6.92 Å². The fourth-order valence-corrected chi connectivity index (χ4v) is 1.24. The van der Waals surface area contributed by atoms with Gasteiger partial charge < -0.3 is 5.11 Å². The summed E-state index contributed by atoms with van der Waals surface area (Å²) in [4.78, 5) is 14.5. The zero-order chi connectivity index (χ0) is 14.0. The summed E-state index contributed by atoms with van der Waals surface area (Å²) in [5, 5.41) is 14.4. The number of aliphatic carboxylic acids is 1. The molecule has 1 heterocycles. The molecule has 0 aliphatic rings. The molecule has 0 aromatic carbocycles. The highest BCUT2D eigenvalue weighted by Gasteiger charge is 2.57. The van der Waals surface area contributed by atoms with Crippen LogP contribution < -0.4 is 5.32 Å². The number of nitrogens with one attached hydrogen (secondary N) is 1. The van der Waals surface area contributed by atoms with E-state index in [4.69, 9.17) is 5.11 Å². The first kappa shape index (κ1) is 14.4. The fourth-order valence-electron chi connectivity index (χ4n) is 1.24. The molecule has 0 aliphatic heterocycles. The second kappa shape index (κ2) is 4.92. The monoisotopic (exact) mass is 266 g/mol. The molecule has 1 aromatic heterocycles. The van der Waals surface area contributed by atoms with Crippen molar-refractivity contribution in [3.05, 3.63) is 12.2 Å². The van der Waals surface area contributed by atoms with Crippen LogP contribution in [0.3, 0.4) is 0 Å². The van der Waals surface area contributed by atoms with Crippen molar-refractivity contribution >= 4 is 5.97 Å². The number of hydrogen-bond acceptors (Lipinski definition) is 4. The first-order valence-electron chi connectivity index (χ1n) is 5.14. The molecule has 1 atom stereocenters. The SMILES string of the molecule is CCn1ncnc1CNC(C)(C(=O)O)C(F)(F)F. The third-order valence-electron chi connectivity index (χ3n) is 2.59. The second-order valence-electron chi connectivity index (χ2n) is 3.77. The van der Waals surface area contributed by atoms with Gasteiger partial charge in [0.1, 0.15) is 12.2 Å². The molecular weight excluding hydrogens is 253 g/mol. The van der Waals surface area contributed by atoms with Crippen LogP contribution >= 0.6 is 0 Å². The van der Waals surface area contributed by atoms with E-state index >= 15 is 0 Å². The van der Waals surface area contributed by atoms with E-state index in [2.05, 4.69) is 10.1 Å². The molecule has 1 unspecified atom stereocenters. The highest BCUT2D eigenvalue weighted by Crippen LogP contribution is 2.30. The van der Waals surface area contributed by atoms with E-state index in [9.17, 15) is 18.0 Å². The molecule has 0 bridgehead atoms. The van der Waals surface area contributed by atoms with Gasteiger partial charge in [0.25, 0.3) is 0 Å². The summed E-state index contributed by atoms with van der Waals surface area (Å²) >= 11 is 0. The van der Waals surface area contributed by atoms with Gasteiger partial charge in [0.05, 0.1) is 6.54 Å². The topological polar surface area (TPSA) is 80.0 Å². The molecule has 0 fully saturated rings. The summed E-state index contributed by atoms with van der Waals surface area (Å²) in [5.41, 5.74) is -3.02. The number of carboxylic acids is 1. The summed E-state index contributed by atoms with van der Waals surface area (Å²) in [6.45, 7) is 2.42. The predicted molar refractivity (Wildman–Crippen MR) is 54.6 cm³/mol. The number of carboxylic acid groups (broad SMARTS) is 1. The van der Waals surface area contributed by atoms with Gasteiger partial charge in [-0.25, -0.2) is 14.5 Å². The summed E-state index contributed by atoms with van der Waals surface area (Å²) < 4.78 is 39.4. The van der Waals surface area contributed by atoms with E-state index in [1.165, 1.54) is 11.0 Å². The molecule has 0 aliphatic carbocycles. The quantitative estimate of drug-likeness (QED) is 0.823. The average molecular weight is 266 g/mol. The lowest BCUT2D eigenvalue weighted by Crippen LogP contribution is -2.60. The Labute approximate surface area is 101 Å². The van der Waals surface area contributed by atoms with E-state index in [1.807, 2.05) is 5.32 Å². The summed E-state index contributed by atoms with van der Waals surface area (Å²) in [6.07, 6.45) is -3.71. The fraction of sp³-hybridized carbons (Fsp3) is 0.667. The Kier molecular flexibility index (Phi) is 3.95. The Balaban J connectivity index is 2.85. The van der Waals surface area contributed by atoms with Crippen molar-refractivity contribution in [1.29, 1.82) is 0 Å². The lowest BCUT2D eigenvalue weighted by atomic mass is 10.0. The Morgan fingerprint density at radius 1 is 1.56 bits per heavy atom. The Morgan fingerprint density at radius 2 is 2.17 bits per heavy atom. The zero-order valence-corrected chi connectivity index (χ0v) is 9.82. The third kappa shape index (κ3) is 2.61. The Hall–Kier alpha value is -1.64. The maximum absolute atomic E-state index is 12.7. The van der Waals surface area contributed by atoms with E-state index in [-0.39, 0.29) is 12.4 Å². The normalized spacial score (nSPS) is 15.4. The first-order valence-corrected chi connectivity index (χ1v) is 5.14. The van der Waals surface area contributed by atoms with Crippen LogP contribution in [-0.2, 0) is 17.9 Å². The first-order chi connectivity index (χ1) is 8.22. The highest BCUT2D eigenvalue weighted by molar-refractivity contribution is 5.79. The molecule has 2 N–H and O–H groups in total. The molecular formula is C9H13F3N4O2. The molecule has 0 spiro atoms. The number of hydrogen-bond donors (Lipinski definition) is 2. The lowest BCUT2D eigenvalue weighted by molar-refractivity contribution is -0.206. The number of rotatable bonds is 5. The maximum atomic E-state index is 12.7. The van der Waals surface area contributed by atoms with Crippen LogP contribution in [0.15, 0.2) is 6.33 Å². The number of nitrogens with zero attached hydrogens (tertiary/aromatic N) is 3. The smallest absolute Gasteiger partial charge is 0.417 e. The summed E-state index contributed by atoms with van der Waals surface area (Å²) in [5.74, 6) is -1.74. The number of aromatic nitrogens is 3. The molecule has 1 rings (SSSR count). The Bertz CT molecular complexity index is 432. The van der Waals surface area contributed by atoms with Crippen LogP contribution in [0, 0.1) is 0 Å². The van der Waals surface area contributed by atoms with Gasteiger partial charge in [-0.15, -0.1) is 0 Å². The largest absolute Gasteiger partial charge is 0.480 e. The van der Waals surface area contributed by atoms with Crippen molar-refractivity contribution in [3.8, 4) is 0 Å². The van der Waals surface area contributed by atoms with Gasteiger partial charge in [-0.3, -0.25) is 5.32 Å². The van der Waals surface area contributed by atoms with E-state index in [0.29, 0.717) is 13.5 Å². The van der Waals surface area contributed by atoms with Crippen LogP contribution in [0.25, 0.3) is 0 Å². The lowest BCUT2D eigenvalue weighted by Gasteiger charge is -2.28. The van der Waals surface area contributed by atoms with Crippen molar-refractivity contribution < 1.29 is 23.1 Å². The number of alkyl halides is 3. The minimum atomic E-state index is -4.91. The molecule has 1 aromatic rings. The van der Waals surface area contributed by atoms with Crippen molar-refractivity contribution in [1.82, 2.24) is 20.1 Å². The molecule has 6 nitrogen and oxygen atoms in total. The second-order valence-corrected chi connectivity index (χ2v) is 3.77. The molecule has 0 radical (unpaired) electrons. The average Bonchev–Trinajstić information content (AvgIpc) is 2.71. The van der Waals surface area contributed by atoms with Crippen LogP contribution in [0.4, 0.5) is 13.2 Å². The van der Waals surface area contributed by atoms with Crippen LogP contribution in [0.1, 0.15) is 19.7 Å². The molecule has 0 amide bonds. The summed E-state index contributed by atoms with van der Waals surface area (Å²) in [6, 6.07) is 0. The maximum Gasteiger partial charge on any atom is 0.417 e. The third-order valence-corrected chi connectivity index (χ3v) is 2.59. The molecule has 9 heteroatoms. The minimum Gasteiger partial charge on any atom is -0.480 e. The molecule has 102 valence electrons. The number of aryl methyl sites for hydroxylation is 1. The highest BCUT2D eigenvalue weighted by atomic mass is 19.4. The molecule has 18 heavy (non-hydrogen) atoms. The van der Waals surface area contributed by atoms with Gasteiger partial charge in [0.2, 0.25) is 5.54 Å². The van der Waals surface area contributed by atoms with E-state index < -0.39 is 17.7 Å². The molecule has 0 saturated heterocycles. The minimum absolute atomic E-state index is 0.245. The van der Waals surface area contributed by atoms with Crippen LogP contribution in [-0.4, -0.2) is 37.6 Å². The Morgan fingerprint density at radius 3 is 2.61 bits per heavy atom. The van der Waals surface area contributed by atoms with Crippen LogP contribution in [0.2, 0.25) is 0 Å². The zero-order valence-electron chi connectivity index (χ0n) is 9.82.